The van der Waals surface area contributed by atoms with Gasteiger partial charge in [-0.05, 0) is 31.1 Å². The third kappa shape index (κ3) is 3.10. The van der Waals surface area contributed by atoms with E-state index in [0.29, 0.717) is 22.2 Å². The number of aromatic nitrogens is 5. The van der Waals surface area contributed by atoms with Crippen LogP contribution in [0, 0.1) is 6.92 Å². The van der Waals surface area contributed by atoms with Gasteiger partial charge in [0.2, 0.25) is 5.91 Å². The van der Waals surface area contributed by atoms with Gasteiger partial charge in [0.25, 0.3) is 0 Å². The van der Waals surface area contributed by atoms with Crippen LogP contribution in [0.3, 0.4) is 0 Å². The lowest BCUT2D eigenvalue weighted by atomic mass is 10.2. The van der Waals surface area contributed by atoms with Gasteiger partial charge in [-0.1, -0.05) is 24.2 Å². The first-order valence-corrected chi connectivity index (χ1v) is 9.48. The predicted octanol–water partition coefficient (Wildman–Crippen LogP) is 3.61. The number of nitrogens with zero attached hydrogens (tertiary/aromatic N) is 5. The number of anilines is 1. The molecule has 0 fully saturated rings. The minimum Gasteiger partial charge on any atom is -0.316 e. The SMILES string of the molecule is CCc1nc2ccccc2n1[C@@H](C)C(=O)Nc1nc(-c2nonc2C)cs1. The number of hydrogen-bond acceptors (Lipinski definition) is 7. The van der Waals surface area contributed by atoms with Gasteiger partial charge in [0, 0.05) is 11.8 Å². The summed E-state index contributed by atoms with van der Waals surface area (Å²) < 4.78 is 6.69. The molecule has 0 saturated heterocycles. The molecule has 8 nitrogen and oxygen atoms in total. The molecule has 4 aromatic rings. The molecule has 0 aliphatic heterocycles. The molecule has 0 aliphatic carbocycles. The van der Waals surface area contributed by atoms with Crippen molar-refractivity contribution in [3.63, 3.8) is 0 Å². The molecule has 3 heterocycles. The highest BCUT2D eigenvalue weighted by Crippen LogP contribution is 2.27. The summed E-state index contributed by atoms with van der Waals surface area (Å²) in [7, 11) is 0. The summed E-state index contributed by atoms with van der Waals surface area (Å²) in [6.07, 6.45) is 0.742. The van der Waals surface area contributed by atoms with E-state index in [4.69, 9.17) is 4.63 Å². The Hall–Kier alpha value is -3.07. The number of amides is 1. The Morgan fingerprint density at radius 1 is 1.30 bits per heavy atom. The molecule has 0 bridgehead atoms. The average Bonchev–Trinajstić information content (AvgIpc) is 3.38. The average molecular weight is 382 g/mol. The number of aryl methyl sites for hydroxylation is 2. The van der Waals surface area contributed by atoms with Crippen molar-refractivity contribution < 1.29 is 9.42 Å². The molecular weight excluding hydrogens is 364 g/mol. The van der Waals surface area contributed by atoms with E-state index in [9.17, 15) is 4.79 Å². The number of rotatable bonds is 5. The fraction of sp³-hybridized carbons (Fsp3) is 0.278. The van der Waals surface area contributed by atoms with Crippen LogP contribution < -0.4 is 5.32 Å². The molecule has 0 aliphatic rings. The van der Waals surface area contributed by atoms with E-state index < -0.39 is 6.04 Å². The number of carbonyl (C=O) groups is 1. The van der Waals surface area contributed by atoms with E-state index in [0.717, 1.165) is 23.3 Å². The lowest BCUT2D eigenvalue weighted by Crippen LogP contribution is -2.24. The molecule has 0 unspecified atom stereocenters. The summed E-state index contributed by atoms with van der Waals surface area (Å²) in [6, 6.07) is 7.41. The number of hydrogen-bond donors (Lipinski definition) is 1. The maximum absolute atomic E-state index is 12.8. The predicted molar refractivity (Wildman–Crippen MR) is 103 cm³/mol. The summed E-state index contributed by atoms with van der Waals surface area (Å²) in [5.41, 5.74) is 3.70. The van der Waals surface area contributed by atoms with Gasteiger partial charge in [-0.3, -0.25) is 4.79 Å². The van der Waals surface area contributed by atoms with Gasteiger partial charge in [0.15, 0.2) is 10.8 Å². The Bertz CT molecular complexity index is 1110. The van der Waals surface area contributed by atoms with E-state index in [1.54, 1.807) is 6.92 Å². The third-order valence-electron chi connectivity index (χ3n) is 4.38. The largest absolute Gasteiger partial charge is 0.316 e. The molecule has 138 valence electrons. The molecule has 0 radical (unpaired) electrons. The Morgan fingerprint density at radius 3 is 2.85 bits per heavy atom. The first kappa shape index (κ1) is 17.3. The number of para-hydroxylation sites is 2. The highest BCUT2D eigenvalue weighted by molar-refractivity contribution is 7.14. The van der Waals surface area contributed by atoms with Crippen molar-refractivity contribution in [3.05, 3.63) is 41.2 Å². The summed E-state index contributed by atoms with van der Waals surface area (Å²) in [5.74, 6) is 0.728. The molecule has 1 amide bonds. The van der Waals surface area contributed by atoms with Crippen LogP contribution in [-0.4, -0.2) is 30.8 Å². The second-order valence-corrected chi connectivity index (χ2v) is 7.00. The zero-order valence-corrected chi connectivity index (χ0v) is 15.9. The Balaban J connectivity index is 1.59. The highest BCUT2D eigenvalue weighted by Gasteiger charge is 2.22. The van der Waals surface area contributed by atoms with Crippen LogP contribution in [0.15, 0.2) is 34.3 Å². The van der Waals surface area contributed by atoms with Crippen molar-refractivity contribution in [3.8, 4) is 11.4 Å². The molecule has 3 aromatic heterocycles. The lowest BCUT2D eigenvalue weighted by Gasteiger charge is -2.16. The van der Waals surface area contributed by atoms with E-state index >= 15 is 0 Å². The number of thiazole rings is 1. The molecule has 1 atom stereocenters. The van der Waals surface area contributed by atoms with Crippen molar-refractivity contribution in [2.24, 2.45) is 0 Å². The molecule has 1 N–H and O–H groups in total. The molecular formula is C18H18N6O2S. The summed E-state index contributed by atoms with van der Waals surface area (Å²) >= 11 is 1.34. The number of benzene rings is 1. The molecule has 4 rings (SSSR count). The molecule has 0 spiro atoms. The van der Waals surface area contributed by atoms with Crippen LogP contribution in [0.1, 0.15) is 31.4 Å². The zero-order valence-electron chi connectivity index (χ0n) is 15.1. The van der Waals surface area contributed by atoms with Crippen LogP contribution in [0.2, 0.25) is 0 Å². The second-order valence-electron chi connectivity index (χ2n) is 6.14. The maximum atomic E-state index is 12.8. The van der Waals surface area contributed by atoms with Crippen molar-refractivity contribution in [1.82, 2.24) is 24.8 Å². The normalized spacial score (nSPS) is 12.4. The van der Waals surface area contributed by atoms with E-state index in [-0.39, 0.29) is 5.91 Å². The van der Waals surface area contributed by atoms with Crippen LogP contribution in [0.4, 0.5) is 5.13 Å². The van der Waals surface area contributed by atoms with Crippen molar-refractivity contribution in [2.45, 2.75) is 33.2 Å². The fourth-order valence-corrected chi connectivity index (χ4v) is 3.70. The highest BCUT2D eigenvalue weighted by atomic mass is 32.1. The standard InChI is InChI=1S/C18H18N6O2S/c1-4-15-19-12-7-5-6-8-14(12)24(15)11(3)17(25)21-18-20-13(9-27-18)16-10(2)22-26-23-16/h5-9,11H,4H2,1-3H3,(H,20,21,25)/t11-/m0/s1. The van der Waals surface area contributed by atoms with Gasteiger partial charge in [0.1, 0.15) is 23.3 Å². The summed E-state index contributed by atoms with van der Waals surface area (Å²) in [5, 5.41) is 12.8. The maximum Gasteiger partial charge on any atom is 0.248 e. The van der Waals surface area contributed by atoms with Gasteiger partial charge in [-0.25, -0.2) is 14.6 Å². The molecule has 27 heavy (non-hydrogen) atoms. The van der Waals surface area contributed by atoms with Crippen molar-refractivity contribution in [2.75, 3.05) is 5.32 Å². The minimum atomic E-state index is -0.421. The van der Waals surface area contributed by atoms with Crippen LogP contribution in [0.25, 0.3) is 22.4 Å². The van der Waals surface area contributed by atoms with Gasteiger partial charge >= 0.3 is 0 Å². The Kier molecular flexibility index (Phi) is 4.44. The quantitative estimate of drug-likeness (QED) is 0.566. The Morgan fingerprint density at radius 2 is 2.11 bits per heavy atom. The first-order valence-electron chi connectivity index (χ1n) is 8.60. The van der Waals surface area contributed by atoms with E-state index in [2.05, 4.69) is 25.6 Å². The monoisotopic (exact) mass is 382 g/mol. The second kappa shape index (κ2) is 6.92. The van der Waals surface area contributed by atoms with Crippen LogP contribution in [-0.2, 0) is 11.2 Å². The lowest BCUT2D eigenvalue weighted by molar-refractivity contribution is -0.118. The number of fused-ring (bicyclic) bond motifs is 1. The minimum absolute atomic E-state index is 0.149. The Labute approximate surface area is 159 Å². The summed E-state index contributed by atoms with van der Waals surface area (Å²) in [4.78, 5) is 21.9. The topological polar surface area (TPSA) is 98.7 Å². The fourth-order valence-electron chi connectivity index (χ4n) is 3.01. The van der Waals surface area contributed by atoms with Crippen molar-refractivity contribution >= 4 is 33.4 Å². The van der Waals surface area contributed by atoms with Crippen LogP contribution in [0.5, 0.6) is 0 Å². The zero-order chi connectivity index (χ0) is 19.0. The third-order valence-corrected chi connectivity index (χ3v) is 5.14. The number of nitrogens with one attached hydrogen (secondary N) is 1. The van der Waals surface area contributed by atoms with E-state index in [1.165, 1.54) is 11.3 Å². The number of imidazole rings is 1. The first-order chi connectivity index (χ1) is 13.1. The smallest absolute Gasteiger partial charge is 0.248 e. The van der Waals surface area contributed by atoms with E-state index in [1.807, 2.05) is 48.1 Å². The molecule has 0 saturated carbocycles. The number of carbonyl (C=O) groups excluding carboxylic acids is 1. The van der Waals surface area contributed by atoms with Gasteiger partial charge in [0.05, 0.1) is 11.0 Å². The van der Waals surface area contributed by atoms with Gasteiger partial charge < -0.3 is 9.88 Å². The van der Waals surface area contributed by atoms with Gasteiger partial charge in [-0.15, -0.1) is 11.3 Å². The van der Waals surface area contributed by atoms with Crippen molar-refractivity contribution in [1.29, 1.82) is 0 Å². The van der Waals surface area contributed by atoms with Crippen LogP contribution >= 0.6 is 11.3 Å². The molecule has 1 aromatic carbocycles. The summed E-state index contributed by atoms with van der Waals surface area (Å²) in [6.45, 7) is 5.69. The van der Waals surface area contributed by atoms with Gasteiger partial charge in [-0.2, -0.15) is 0 Å². The molecule has 9 heteroatoms.